The lowest BCUT2D eigenvalue weighted by molar-refractivity contribution is 0.0270. The Balaban J connectivity index is 1.59. The van der Waals surface area contributed by atoms with Gasteiger partial charge in [-0.15, -0.1) is 11.3 Å². The number of anilines is 1. The topological polar surface area (TPSA) is 80.2 Å². The van der Waals surface area contributed by atoms with Crippen LogP contribution in [0.25, 0.3) is 16.5 Å². The van der Waals surface area contributed by atoms with Gasteiger partial charge in [-0.05, 0) is 50.3 Å². The highest BCUT2D eigenvalue weighted by molar-refractivity contribution is 7.09. The van der Waals surface area contributed by atoms with Crippen molar-refractivity contribution in [2.75, 3.05) is 18.4 Å². The van der Waals surface area contributed by atoms with E-state index in [4.69, 9.17) is 26.3 Å². The largest absolute Gasteiger partial charge is 0.444 e. The summed E-state index contributed by atoms with van der Waals surface area (Å²) < 4.78 is 5.47. The van der Waals surface area contributed by atoms with Crippen LogP contribution in [0.1, 0.15) is 37.9 Å². The van der Waals surface area contributed by atoms with Gasteiger partial charge >= 0.3 is 6.09 Å². The number of pyridine rings is 1. The molecule has 3 aromatic heterocycles. The van der Waals surface area contributed by atoms with E-state index in [0.29, 0.717) is 42.9 Å². The third-order valence-electron chi connectivity index (χ3n) is 4.71. The number of carbonyl (C=O) groups excluding carboxylic acids is 1. The van der Waals surface area contributed by atoms with Gasteiger partial charge < -0.3 is 15.0 Å². The van der Waals surface area contributed by atoms with Crippen LogP contribution in [0, 0.1) is 0 Å². The Morgan fingerprint density at radius 3 is 2.87 bits per heavy atom. The van der Waals surface area contributed by atoms with Gasteiger partial charge in [-0.2, -0.15) is 0 Å². The molecule has 1 aliphatic rings. The molecule has 0 aromatic carbocycles. The Morgan fingerprint density at radius 1 is 1.35 bits per heavy atom. The van der Waals surface area contributed by atoms with Crippen molar-refractivity contribution in [2.24, 2.45) is 0 Å². The van der Waals surface area contributed by atoms with Crippen LogP contribution in [0.3, 0.4) is 0 Å². The molecule has 1 amide bonds. The van der Waals surface area contributed by atoms with E-state index in [0.717, 1.165) is 16.5 Å². The van der Waals surface area contributed by atoms with Gasteiger partial charge in [0.25, 0.3) is 0 Å². The van der Waals surface area contributed by atoms with E-state index in [1.54, 1.807) is 28.5 Å². The number of fused-ring (bicyclic) bond motifs is 1. The molecule has 31 heavy (non-hydrogen) atoms. The minimum atomic E-state index is -0.514. The fraction of sp³-hybridized carbons (Fsp3) is 0.364. The first-order valence-electron chi connectivity index (χ1n) is 10.1. The molecule has 0 aliphatic carbocycles. The smallest absolute Gasteiger partial charge is 0.410 e. The maximum Gasteiger partial charge on any atom is 0.410 e. The third-order valence-corrected chi connectivity index (χ3v) is 5.79. The highest BCUT2D eigenvalue weighted by Gasteiger charge is 2.25. The molecule has 0 saturated carbocycles. The third kappa shape index (κ3) is 5.32. The summed E-state index contributed by atoms with van der Waals surface area (Å²) >= 11 is 7.80. The number of rotatable bonds is 4. The highest BCUT2D eigenvalue weighted by atomic mass is 35.5. The van der Waals surface area contributed by atoms with Gasteiger partial charge in [-0.25, -0.2) is 19.7 Å². The maximum absolute atomic E-state index is 12.3. The normalized spacial score (nSPS) is 14.5. The molecule has 162 valence electrons. The minimum Gasteiger partial charge on any atom is -0.444 e. The van der Waals surface area contributed by atoms with Crippen molar-refractivity contribution >= 4 is 51.3 Å². The van der Waals surface area contributed by atoms with Crippen LogP contribution in [0.15, 0.2) is 35.9 Å². The van der Waals surface area contributed by atoms with Gasteiger partial charge in [0.2, 0.25) is 0 Å². The summed E-state index contributed by atoms with van der Waals surface area (Å²) in [5, 5.41) is 6.68. The lowest BCUT2D eigenvalue weighted by Gasteiger charge is -2.29. The summed E-state index contributed by atoms with van der Waals surface area (Å²) in [5.41, 5.74) is 1.20. The summed E-state index contributed by atoms with van der Waals surface area (Å²) in [4.78, 5) is 28.9. The van der Waals surface area contributed by atoms with Crippen LogP contribution < -0.4 is 5.32 Å². The van der Waals surface area contributed by atoms with E-state index < -0.39 is 5.60 Å². The molecule has 0 fully saturated rings. The van der Waals surface area contributed by atoms with Crippen LogP contribution >= 0.6 is 22.9 Å². The zero-order valence-corrected chi connectivity index (χ0v) is 19.3. The van der Waals surface area contributed by atoms with Crippen molar-refractivity contribution in [1.29, 1.82) is 0 Å². The van der Waals surface area contributed by atoms with E-state index in [1.807, 2.05) is 38.3 Å². The second-order valence-corrected chi connectivity index (χ2v) is 9.68. The van der Waals surface area contributed by atoms with Crippen molar-refractivity contribution in [2.45, 2.75) is 39.3 Å². The summed E-state index contributed by atoms with van der Waals surface area (Å²) in [6, 6.07) is 5.87. The van der Waals surface area contributed by atoms with Crippen LogP contribution in [0.5, 0.6) is 0 Å². The molecular weight excluding hydrogens is 434 g/mol. The van der Waals surface area contributed by atoms with Gasteiger partial charge in [0, 0.05) is 23.4 Å². The average molecular weight is 458 g/mol. The van der Waals surface area contributed by atoms with E-state index in [2.05, 4.69) is 16.4 Å². The zero-order valence-electron chi connectivity index (χ0n) is 17.7. The Kier molecular flexibility index (Phi) is 6.11. The molecule has 1 N–H and O–H groups in total. The first-order chi connectivity index (χ1) is 14.8. The molecule has 4 rings (SSSR count). The molecule has 1 aliphatic heterocycles. The van der Waals surface area contributed by atoms with E-state index >= 15 is 0 Å². The van der Waals surface area contributed by atoms with Crippen molar-refractivity contribution in [1.82, 2.24) is 19.9 Å². The predicted molar refractivity (Wildman–Crippen MR) is 124 cm³/mol. The second-order valence-electron chi connectivity index (χ2n) is 8.26. The summed E-state index contributed by atoms with van der Waals surface area (Å²) in [5.74, 6) is 1.35. The lowest BCUT2D eigenvalue weighted by Crippen LogP contribution is -2.39. The molecule has 7 nitrogen and oxygen atoms in total. The molecule has 3 aromatic rings. The summed E-state index contributed by atoms with van der Waals surface area (Å²) in [6.45, 7) is 7.27. The van der Waals surface area contributed by atoms with Gasteiger partial charge in [0.15, 0.2) is 5.82 Å². The lowest BCUT2D eigenvalue weighted by atomic mass is 10.1. The number of nitrogens with one attached hydrogen (secondary N) is 1. The molecular formula is C22H24ClN5O2S. The number of ether oxygens (including phenoxy) is 1. The molecule has 0 saturated heterocycles. The standard InChI is InChI=1S/C22H24ClN5O2S/c1-22(2,3)30-21(29)28-8-6-14(7-9-28)19-26-17-13-24-18(23)11-16(17)20(27-19)25-12-15-5-4-10-31-15/h4-6,10-11,13H,7-9,12H2,1-3H3,(H,25,26,27). The van der Waals surface area contributed by atoms with Crippen molar-refractivity contribution < 1.29 is 9.53 Å². The van der Waals surface area contributed by atoms with Crippen LogP contribution in [-0.4, -0.2) is 44.6 Å². The Labute approximate surface area is 190 Å². The van der Waals surface area contributed by atoms with Crippen LogP contribution in [0.2, 0.25) is 5.15 Å². The van der Waals surface area contributed by atoms with Gasteiger partial charge in [-0.1, -0.05) is 23.7 Å². The van der Waals surface area contributed by atoms with Gasteiger partial charge in [-0.3, -0.25) is 0 Å². The van der Waals surface area contributed by atoms with Gasteiger partial charge in [0.05, 0.1) is 18.3 Å². The second kappa shape index (κ2) is 8.80. The first kappa shape index (κ1) is 21.5. The molecule has 0 radical (unpaired) electrons. The monoisotopic (exact) mass is 457 g/mol. The van der Waals surface area contributed by atoms with Crippen molar-refractivity contribution in [3.8, 4) is 0 Å². The molecule has 4 heterocycles. The van der Waals surface area contributed by atoms with Gasteiger partial charge in [0.1, 0.15) is 16.6 Å². The van der Waals surface area contributed by atoms with E-state index in [1.165, 1.54) is 4.88 Å². The Morgan fingerprint density at radius 2 is 2.19 bits per heavy atom. The molecule has 0 bridgehead atoms. The summed E-state index contributed by atoms with van der Waals surface area (Å²) in [7, 11) is 0. The SMILES string of the molecule is CC(C)(C)OC(=O)N1CC=C(c2nc(NCc3cccs3)c3cc(Cl)ncc3n2)CC1. The summed E-state index contributed by atoms with van der Waals surface area (Å²) in [6.07, 6.45) is 3.99. The maximum atomic E-state index is 12.3. The van der Waals surface area contributed by atoms with Crippen molar-refractivity contribution in [3.05, 3.63) is 51.7 Å². The molecule has 0 spiro atoms. The van der Waals surface area contributed by atoms with E-state index in [-0.39, 0.29) is 6.09 Å². The number of hydrogen-bond donors (Lipinski definition) is 1. The van der Waals surface area contributed by atoms with Crippen LogP contribution in [-0.2, 0) is 11.3 Å². The average Bonchev–Trinajstić information content (AvgIpc) is 3.24. The predicted octanol–water partition coefficient (Wildman–Crippen LogP) is 5.38. The molecule has 0 atom stereocenters. The minimum absolute atomic E-state index is 0.306. The number of hydrogen-bond acceptors (Lipinski definition) is 7. The number of aromatic nitrogens is 3. The fourth-order valence-electron chi connectivity index (χ4n) is 3.23. The zero-order chi connectivity index (χ0) is 22.0. The van der Waals surface area contributed by atoms with E-state index in [9.17, 15) is 4.79 Å². The molecule has 9 heteroatoms. The highest BCUT2D eigenvalue weighted by Crippen LogP contribution is 2.28. The van der Waals surface area contributed by atoms with Crippen molar-refractivity contribution in [3.63, 3.8) is 0 Å². The number of amides is 1. The number of halogens is 1. The number of thiophene rings is 1. The number of nitrogens with zero attached hydrogens (tertiary/aromatic N) is 4. The number of carbonyl (C=O) groups is 1. The Hall–Kier alpha value is -2.71. The molecule has 0 unspecified atom stereocenters. The van der Waals surface area contributed by atoms with Crippen LogP contribution in [0.4, 0.5) is 10.6 Å². The fourth-order valence-corrected chi connectivity index (χ4v) is 4.04. The quantitative estimate of drug-likeness (QED) is 0.530. The first-order valence-corrected chi connectivity index (χ1v) is 11.3. The Bertz CT molecular complexity index is 1120.